The minimum absolute atomic E-state index is 0.00810. The fourth-order valence-corrected chi connectivity index (χ4v) is 1.20. The van der Waals surface area contributed by atoms with Gasteiger partial charge in [0.1, 0.15) is 5.76 Å². The molecule has 0 amide bonds. The van der Waals surface area contributed by atoms with Crippen LogP contribution >= 0.6 is 15.9 Å². The number of carbonyl (C=O) groups is 1. The number of carbonyl (C=O) groups excluding carboxylic acids is 1. The van der Waals surface area contributed by atoms with Crippen LogP contribution in [-0.2, 0) is 4.79 Å². The van der Waals surface area contributed by atoms with Gasteiger partial charge >= 0.3 is 0 Å². The van der Waals surface area contributed by atoms with Gasteiger partial charge in [0.2, 0.25) is 0 Å². The monoisotopic (exact) mass is 214 g/mol. The Morgan fingerprint density at radius 3 is 3.00 bits per heavy atom. The minimum atomic E-state index is 0.00810. The summed E-state index contributed by atoms with van der Waals surface area (Å²) in [6, 6.07) is 0. The van der Waals surface area contributed by atoms with E-state index in [1.165, 1.54) is 0 Å². The molecule has 0 saturated carbocycles. The van der Waals surface area contributed by atoms with E-state index in [1.807, 2.05) is 6.08 Å². The van der Waals surface area contributed by atoms with E-state index in [0.717, 1.165) is 0 Å². The molecule has 58 valence electrons. The van der Waals surface area contributed by atoms with Crippen LogP contribution in [0.25, 0.3) is 0 Å². The zero-order valence-electron chi connectivity index (χ0n) is 5.75. The lowest BCUT2D eigenvalue weighted by Gasteiger charge is -1.96. The summed E-state index contributed by atoms with van der Waals surface area (Å²) in [6.07, 6.45) is 6.57. The fraction of sp³-hybridized carbons (Fsp3) is 0.125. The molecule has 0 aromatic rings. The molecule has 0 saturated heterocycles. The Hall–Kier alpha value is -0.830. The summed E-state index contributed by atoms with van der Waals surface area (Å²) in [6.45, 7) is 0. The first-order chi connectivity index (χ1) is 5.25. The largest absolute Gasteiger partial charge is 0.506 e. The number of aliphatic hydroxyl groups excluding tert-OH is 1. The first kappa shape index (κ1) is 8.27. The van der Waals surface area contributed by atoms with E-state index in [9.17, 15) is 9.90 Å². The van der Waals surface area contributed by atoms with Crippen LogP contribution in [0.1, 0.15) is 6.42 Å². The van der Waals surface area contributed by atoms with E-state index in [4.69, 9.17) is 0 Å². The third kappa shape index (κ3) is 1.80. The van der Waals surface area contributed by atoms with Crippen LogP contribution in [0.2, 0.25) is 0 Å². The molecule has 2 nitrogen and oxygen atoms in total. The van der Waals surface area contributed by atoms with Crippen molar-refractivity contribution in [3.05, 3.63) is 34.0 Å². The Kier molecular flexibility index (Phi) is 2.65. The average molecular weight is 215 g/mol. The Labute approximate surface area is 73.0 Å². The topological polar surface area (TPSA) is 37.3 Å². The smallest absolute Gasteiger partial charge is 0.153 e. The highest BCUT2D eigenvalue weighted by Crippen LogP contribution is 2.20. The second-order valence-electron chi connectivity index (χ2n) is 2.11. The highest BCUT2D eigenvalue weighted by atomic mass is 79.9. The molecular formula is C8H7BrO2. The van der Waals surface area contributed by atoms with Gasteiger partial charge in [-0.05, 0) is 28.4 Å². The van der Waals surface area contributed by atoms with Crippen molar-refractivity contribution in [2.45, 2.75) is 6.42 Å². The molecule has 1 rings (SSSR count). The summed E-state index contributed by atoms with van der Waals surface area (Å²) in [5.41, 5.74) is 0.335. The van der Waals surface area contributed by atoms with Crippen molar-refractivity contribution in [1.29, 1.82) is 0 Å². The average Bonchev–Trinajstić information content (AvgIpc) is 2.16. The number of allylic oxidation sites excluding steroid dienone is 5. The molecule has 0 bridgehead atoms. The summed E-state index contributed by atoms with van der Waals surface area (Å²) in [5.74, 6) is 0.00810. The predicted octanol–water partition coefficient (Wildman–Crippen LogP) is 2.24. The summed E-state index contributed by atoms with van der Waals surface area (Å²) in [7, 11) is 0. The van der Waals surface area contributed by atoms with Crippen molar-refractivity contribution in [3.8, 4) is 0 Å². The number of aliphatic hydroxyl groups is 1. The molecular weight excluding hydrogens is 208 g/mol. The number of aldehydes is 1. The lowest BCUT2D eigenvalue weighted by atomic mass is 10.2. The van der Waals surface area contributed by atoms with Crippen molar-refractivity contribution in [3.63, 3.8) is 0 Å². The Balaban J connectivity index is 3.07. The summed E-state index contributed by atoms with van der Waals surface area (Å²) in [5, 5.41) is 9.30. The van der Waals surface area contributed by atoms with Gasteiger partial charge in [0.15, 0.2) is 6.29 Å². The third-order valence-electron chi connectivity index (χ3n) is 1.36. The van der Waals surface area contributed by atoms with Crippen LogP contribution in [0.3, 0.4) is 0 Å². The second-order valence-corrected chi connectivity index (χ2v) is 2.97. The Morgan fingerprint density at radius 2 is 2.36 bits per heavy atom. The maximum absolute atomic E-state index is 10.4. The van der Waals surface area contributed by atoms with Crippen LogP contribution in [0.4, 0.5) is 0 Å². The van der Waals surface area contributed by atoms with E-state index in [0.29, 0.717) is 22.8 Å². The van der Waals surface area contributed by atoms with Crippen LogP contribution in [0, 0.1) is 0 Å². The van der Waals surface area contributed by atoms with Crippen LogP contribution in [0.5, 0.6) is 0 Å². The molecule has 0 heterocycles. The maximum Gasteiger partial charge on any atom is 0.153 e. The molecule has 0 aromatic carbocycles. The van der Waals surface area contributed by atoms with Gasteiger partial charge in [0, 0.05) is 0 Å². The first-order valence-electron chi connectivity index (χ1n) is 3.16. The third-order valence-corrected chi connectivity index (χ3v) is 2.00. The van der Waals surface area contributed by atoms with Gasteiger partial charge in [-0.2, -0.15) is 0 Å². The number of hydrogen-bond acceptors (Lipinski definition) is 2. The van der Waals surface area contributed by atoms with Gasteiger partial charge in [-0.3, -0.25) is 4.79 Å². The highest BCUT2D eigenvalue weighted by molar-refractivity contribution is 9.11. The van der Waals surface area contributed by atoms with E-state index < -0.39 is 0 Å². The van der Waals surface area contributed by atoms with Crippen molar-refractivity contribution in [2.75, 3.05) is 0 Å². The summed E-state index contributed by atoms with van der Waals surface area (Å²) in [4.78, 5) is 10.4. The van der Waals surface area contributed by atoms with Crippen LogP contribution < -0.4 is 0 Å². The standard InChI is InChI=1S/C8H7BrO2/c9-7-4-2-1-3-6(5-10)8(7)11/h2-5,11H,1H2. The van der Waals surface area contributed by atoms with E-state index >= 15 is 0 Å². The molecule has 0 aliphatic heterocycles. The van der Waals surface area contributed by atoms with Gasteiger partial charge < -0.3 is 5.11 Å². The minimum Gasteiger partial charge on any atom is -0.506 e. The summed E-state index contributed by atoms with van der Waals surface area (Å²) >= 11 is 3.13. The fourth-order valence-electron chi connectivity index (χ4n) is 0.784. The van der Waals surface area contributed by atoms with Gasteiger partial charge in [-0.25, -0.2) is 0 Å². The zero-order chi connectivity index (χ0) is 8.27. The van der Waals surface area contributed by atoms with Gasteiger partial charge in [0.25, 0.3) is 0 Å². The molecule has 0 radical (unpaired) electrons. The quantitative estimate of drug-likeness (QED) is 0.681. The molecule has 11 heavy (non-hydrogen) atoms. The van der Waals surface area contributed by atoms with E-state index in [2.05, 4.69) is 15.9 Å². The lowest BCUT2D eigenvalue weighted by Crippen LogP contribution is -1.90. The number of halogens is 1. The number of hydrogen-bond donors (Lipinski definition) is 1. The van der Waals surface area contributed by atoms with Crippen molar-refractivity contribution >= 4 is 22.2 Å². The zero-order valence-corrected chi connectivity index (χ0v) is 7.34. The van der Waals surface area contributed by atoms with Gasteiger partial charge in [-0.1, -0.05) is 12.2 Å². The maximum atomic E-state index is 10.4. The molecule has 0 spiro atoms. The predicted molar refractivity (Wildman–Crippen MR) is 46.5 cm³/mol. The normalized spacial score (nSPS) is 17.7. The molecule has 0 fully saturated rings. The molecule has 0 atom stereocenters. The van der Waals surface area contributed by atoms with Gasteiger partial charge in [0.05, 0.1) is 10.1 Å². The van der Waals surface area contributed by atoms with E-state index in [1.54, 1.807) is 12.2 Å². The molecule has 0 aromatic heterocycles. The molecule has 1 N–H and O–H groups in total. The van der Waals surface area contributed by atoms with Crippen molar-refractivity contribution in [1.82, 2.24) is 0 Å². The second kappa shape index (κ2) is 3.53. The van der Waals surface area contributed by atoms with Crippen molar-refractivity contribution < 1.29 is 9.90 Å². The van der Waals surface area contributed by atoms with Crippen molar-refractivity contribution in [2.24, 2.45) is 0 Å². The SMILES string of the molecule is O=CC1=CCC=CC(Br)=C1O. The van der Waals surface area contributed by atoms with Crippen LogP contribution in [-0.4, -0.2) is 11.4 Å². The molecule has 3 heteroatoms. The van der Waals surface area contributed by atoms with Crippen LogP contribution in [0.15, 0.2) is 34.0 Å². The molecule has 0 unspecified atom stereocenters. The highest BCUT2D eigenvalue weighted by Gasteiger charge is 2.06. The van der Waals surface area contributed by atoms with Gasteiger partial charge in [-0.15, -0.1) is 0 Å². The first-order valence-corrected chi connectivity index (χ1v) is 3.96. The Morgan fingerprint density at radius 1 is 1.64 bits per heavy atom. The molecule has 1 aliphatic rings. The lowest BCUT2D eigenvalue weighted by molar-refractivity contribution is -0.104. The number of rotatable bonds is 1. The Bertz CT molecular complexity index is 261. The summed E-state index contributed by atoms with van der Waals surface area (Å²) < 4.78 is 0.549. The molecule has 1 aliphatic carbocycles. The van der Waals surface area contributed by atoms with E-state index in [-0.39, 0.29) is 5.76 Å².